The van der Waals surface area contributed by atoms with Crippen LogP contribution in [0.5, 0.6) is 5.75 Å². The maximum Gasteiger partial charge on any atom is 0.192 e. The Labute approximate surface area is 161 Å². The first-order valence-electron chi connectivity index (χ1n) is 8.99. The number of guanidine groups is 1. The van der Waals surface area contributed by atoms with E-state index in [0.717, 1.165) is 23.0 Å². The summed E-state index contributed by atoms with van der Waals surface area (Å²) in [4.78, 5) is 4.66. The number of aryl methyl sites for hydroxylation is 2. The molecule has 0 amide bonds. The lowest BCUT2D eigenvalue weighted by Gasteiger charge is -2.21. The number of aliphatic imine (C=N–C) groups is 1. The summed E-state index contributed by atoms with van der Waals surface area (Å²) in [7, 11) is 5.30. The molecule has 1 heterocycles. The molecule has 0 saturated carbocycles. The molecule has 0 bridgehead atoms. The van der Waals surface area contributed by atoms with E-state index >= 15 is 0 Å². The van der Waals surface area contributed by atoms with Crippen LogP contribution in [0, 0.1) is 13.8 Å². The molecule has 2 N–H and O–H groups in total. The Kier molecular flexibility index (Phi) is 7.60. The Bertz CT molecular complexity index is 772. The molecule has 148 valence electrons. The summed E-state index contributed by atoms with van der Waals surface area (Å²) in [5.41, 5.74) is 2.26. The standard InChI is InChI=1S/C19H30N6O2/c1-13-7-8-17(27-6)16(11-13)14(2)22-19(20-9-10-26-5)21-12-18-24-23-15(3)25(18)4/h7-8,11,14H,9-10,12H2,1-6H3,(H2,20,21,22). The summed E-state index contributed by atoms with van der Waals surface area (Å²) in [6.07, 6.45) is 0. The maximum atomic E-state index is 5.51. The Morgan fingerprint density at radius 2 is 2.04 bits per heavy atom. The van der Waals surface area contributed by atoms with Crippen molar-refractivity contribution in [1.82, 2.24) is 25.4 Å². The van der Waals surface area contributed by atoms with Crippen LogP contribution in [0.2, 0.25) is 0 Å². The smallest absolute Gasteiger partial charge is 0.192 e. The number of aromatic nitrogens is 3. The summed E-state index contributed by atoms with van der Waals surface area (Å²) in [6, 6.07) is 6.15. The summed E-state index contributed by atoms with van der Waals surface area (Å²) in [5.74, 6) is 3.20. The molecule has 0 aliphatic rings. The Hall–Kier alpha value is -2.61. The highest BCUT2D eigenvalue weighted by atomic mass is 16.5. The molecular weight excluding hydrogens is 344 g/mol. The van der Waals surface area contributed by atoms with Gasteiger partial charge in [-0.15, -0.1) is 10.2 Å². The second-order valence-corrected chi connectivity index (χ2v) is 6.42. The SMILES string of the molecule is COCCNC(=NCc1nnc(C)n1C)NC(C)c1cc(C)ccc1OC. The van der Waals surface area contributed by atoms with E-state index in [1.807, 2.05) is 30.7 Å². The molecule has 2 aromatic rings. The van der Waals surface area contributed by atoms with Crippen molar-refractivity contribution >= 4 is 5.96 Å². The molecule has 8 nitrogen and oxygen atoms in total. The van der Waals surface area contributed by atoms with Crippen molar-refractivity contribution in [3.63, 3.8) is 0 Å². The fourth-order valence-electron chi connectivity index (χ4n) is 2.64. The third-order valence-electron chi connectivity index (χ3n) is 4.36. The van der Waals surface area contributed by atoms with Gasteiger partial charge in [0.15, 0.2) is 11.8 Å². The van der Waals surface area contributed by atoms with E-state index in [1.165, 1.54) is 5.56 Å². The van der Waals surface area contributed by atoms with Crippen LogP contribution in [0.4, 0.5) is 0 Å². The quantitative estimate of drug-likeness (QED) is 0.417. The second kappa shape index (κ2) is 9.91. The predicted molar refractivity (Wildman–Crippen MR) is 106 cm³/mol. The Morgan fingerprint density at radius 3 is 2.67 bits per heavy atom. The predicted octanol–water partition coefficient (Wildman–Crippen LogP) is 1.88. The lowest BCUT2D eigenvalue weighted by molar-refractivity contribution is 0.203. The lowest BCUT2D eigenvalue weighted by Crippen LogP contribution is -2.40. The highest BCUT2D eigenvalue weighted by molar-refractivity contribution is 5.80. The van der Waals surface area contributed by atoms with Crippen LogP contribution in [-0.4, -0.2) is 48.1 Å². The van der Waals surface area contributed by atoms with Gasteiger partial charge in [-0.25, -0.2) is 4.99 Å². The maximum absolute atomic E-state index is 5.51. The molecule has 27 heavy (non-hydrogen) atoms. The normalized spacial score (nSPS) is 12.7. The topological polar surface area (TPSA) is 85.6 Å². The molecule has 0 spiro atoms. The minimum Gasteiger partial charge on any atom is -0.496 e. The first kappa shape index (κ1) is 20.7. The van der Waals surface area contributed by atoms with E-state index in [4.69, 9.17) is 9.47 Å². The third kappa shape index (κ3) is 5.68. The molecule has 2 rings (SSSR count). The monoisotopic (exact) mass is 374 g/mol. The molecular formula is C19H30N6O2. The van der Waals surface area contributed by atoms with Gasteiger partial charge in [-0.2, -0.15) is 0 Å². The van der Waals surface area contributed by atoms with Gasteiger partial charge in [-0.05, 0) is 26.8 Å². The van der Waals surface area contributed by atoms with Crippen LogP contribution >= 0.6 is 0 Å². The van der Waals surface area contributed by atoms with E-state index in [2.05, 4.69) is 45.7 Å². The summed E-state index contributed by atoms with van der Waals surface area (Å²) in [5, 5.41) is 15.0. The first-order chi connectivity index (χ1) is 13.0. The van der Waals surface area contributed by atoms with Crippen LogP contribution in [0.15, 0.2) is 23.2 Å². The van der Waals surface area contributed by atoms with E-state index in [-0.39, 0.29) is 6.04 Å². The van der Waals surface area contributed by atoms with E-state index in [9.17, 15) is 0 Å². The van der Waals surface area contributed by atoms with Gasteiger partial charge in [-0.3, -0.25) is 0 Å². The van der Waals surface area contributed by atoms with Gasteiger partial charge in [0, 0.05) is 26.3 Å². The molecule has 0 radical (unpaired) electrons. The van der Waals surface area contributed by atoms with Crippen molar-refractivity contribution in [2.45, 2.75) is 33.4 Å². The van der Waals surface area contributed by atoms with E-state index in [1.54, 1.807) is 14.2 Å². The van der Waals surface area contributed by atoms with Gasteiger partial charge in [-0.1, -0.05) is 17.7 Å². The Morgan fingerprint density at radius 1 is 1.26 bits per heavy atom. The zero-order chi connectivity index (χ0) is 19.8. The number of nitrogens with one attached hydrogen (secondary N) is 2. The van der Waals surface area contributed by atoms with Gasteiger partial charge in [0.05, 0.1) is 19.8 Å². The fourth-order valence-corrected chi connectivity index (χ4v) is 2.64. The van der Waals surface area contributed by atoms with Gasteiger partial charge >= 0.3 is 0 Å². The number of rotatable bonds is 8. The molecule has 1 unspecified atom stereocenters. The second-order valence-electron chi connectivity index (χ2n) is 6.42. The molecule has 0 fully saturated rings. The third-order valence-corrected chi connectivity index (χ3v) is 4.36. The fraction of sp³-hybridized carbons (Fsp3) is 0.526. The van der Waals surface area contributed by atoms with Crippen molar-refractivity contribution < 1.29 is 9.47 Å². The molecule has 0 aliphatic heterocycles. The molecule has 0 saturated heterocycles. The number of hydrogen-bond acceptors (Lipinski definition) is 5. The van der Waals surface area contributed by atoms with Crippen LogP contribution in [0.3, 0.4) is 0 Å². The Balaban J connectivity index is 2.16. The molecule has 0 aliphatic carbocycles. The number of methoxy groups -OCH3 is 2. The zero-order valence-electron chi connectivity index (χ0n) is 17.0. The highest BCUT2D eigenvalue weighted by Crippen LogP contribution is 2.25. The van der Waals surface area contributed by atoms with Crippen LogP contribution < -0.4 is 15.4 Å². The molecule has 1 atom stereocenters. The number of benzene rings is 1. The highest BCUT2D eigenvalue weighted by Gasteiger charge is 2.14. The first-order valence-corrected chi connectivity index (χ1v) is 8.99. The van der Waals surface area contributed by atoms with Gasteiger partial charge in [0.2, 0.25) is 0 Å². The van der Waals surface area contributed by atoms with Gasteiger partial charge in [0.1, 0.15) is 18.1 Å². The van der Waals surface area contributed by atoms with Gasteiger partial charge in [0.25, 0.3) is 0 Å². The minimum absolute atomic E-state index is 0.00915. The van der Waals surface area contributed by atoms with E-state index < -0.39 is 0 Å². The van der Waals surface area contributed by atoms with Crippen LogP contribution in [0.1, 0.15) is 35.7 Å². The van der Waals surface area contributed by atoms with Crippen molar-refractivity contribution in [3.05, 3.63) is 41.0 Å². The minimum atomic E-state index is 0.00915. The van der Waals surface area contributed by atoms with Crippen molar-refractivity contribution in [3.8, 4) is 5.75 Å². The average Bonchev–Trinajstić information content (AvgIpc) is 2.98. The number of hydrogen-bond donors (Lipinski definition) is 2. The molecule has 8 heteroatoms. The van der Waals surface area contributed by atoms with Crippen LogP contribution in [-0.2, 0) is 18.3 Å². The van der Waals surface area contributed by atoms with Crippen molar-refractivity contribution in [2.75, 3.05) is 27.4 Å². The zero-order valence-corrected chi connectivity index (χ0v) is 17.0. The van der Waals surface area contributed by atoms with Gasteiger partial charge < -0.3 is 24.7 Å². The number of ether oxygens (including phenoxy) is 2. The van der Waals surface area contributed by atoms with Crippen LogP contribution in [0.25, 0.3) is 0 Å². The summed E-state index contributed by atoms with van der Waals surface area (Å²) < 4.78 is 12.6. The van der Waals surface area contributed by atoms with Crippen molar-refractivity contribution in [2.24, 2.45) is 12.0 Å². The lowest BCUT2D eigenvalue weighted by atomic mass is 10.0. The molecule has 1 aromatic heterocycles. The summed E-state index contributed by atoms with van der Waals surface area (Å²) in [6.45, 7) is 7.73. The average molecular weight is 374 g/mol. The number of nitrogens with zero attached hydrogens (tertiary/aromatic N) is 4. The van der Waals surface area contributed by atoms with E-state index in [0.29, 0.717) is 25.7 Å². The van der Waals surface area contributed by atoms with Crippen molar-refractivity contribution in [1.29, 1.82) is 0 Å². The molecule has 1 aromatic carbocycles. The summed E-state index contributed by atoms with van der Waals surface area (Å²) >= 11 is 0. The largest absolute Gasteiger partial charge is 0.496 e.